The predicted octanol–water partition coefficient (Wildman–Crippen LogP) is 1.08. The summed E-state index contributed by atoms with van der Waals surface area (Å²) in [5.41, 5.74) is 4.12. The molecule has 3 aromatic rings. The number of benzene rings is 2. The summed E-state index contributed by atoms with van der Waals surface area (Å²) in [6, 6.07) is 20.2. The number of aliphatic carboxylic acids is 2. The standard InChI is InChI=1S/C25H26N2O4.HI/c1-2-27-22(14-10-20-5-3-4-6-23(20)27)13-9-19-7-11-21(12-8-19)26(17-15-24(28)29)18-16-25(30)31;/h3-14H,2,15-18H2,1H3,(H-,28,29,30,31);1H. The van der Waals surface area contributed by atoms with E-state index in [0.717, 1.165) is 23.5 Å². The van der Waals surface area contributed by atoms with Gasteiger partial charge in [0.25, 0.3) is 0 Å². The first-order chi connectivity index (χ1) is 15.0. The highest BCUT2D eigenvalue weighted by Gasteiger charge is 2.12. The molecule has 2 N–H and O–H groups in total. The van der Waals surface area contributed by atoms with Gasteiger partial charge in [-0.15, -0.1) is 0 Å². The van der Waals surface area contributed by atoms with Gasteiger partial charge in [-0.3, -0.25) is 9.59 Å². The van der Waals surface area contributed by atoms with Crippen LogP contribution < -0.4 is 33.4 Å². The highest BCUT2D eigenvalue weighted by molar-refractivity contribution is 5.77. The van der Waals surface area contributed by atoms with Crippen LogP contribution in [0.4, 0.5) is 5.69 Å². The molecule has 0 saturated heterocycles. The first kappa shape index (κ1) is 25.3. The van der Waals surface area contributed by atoms with Crippen LogP contribution >= 0.6 is 0 Å². The zero-order chi connectivity index (χ0) is 22.2. The van der Waals surface area contributed by atoms with Crippen molar-refractivity contribution in [2.24, 2.45) is 0 Å². The van der Waals surface area contributed by atoms with Crippen molar-refractivity contribution in [1.82, 2.24) is 0 Å². The van der Waals surface area contributed by atoms with Gasteiger partial charge in [0, 0.05) is 42.4 Å². The maximum Gasteiger partial charge on any atom is 0.305 e. The number of hydrogen-bond acceptors (Lipinski definition) is 3. The summed E-state index contributed by atoms with van der Waals surface area (Å²) in [6.07, 6.45) is 4.04. The second-order valence-corrected chi connectivity index (χ2v) is 7.26. The minimum Gasteiger partial charge on any atom is -1.00 e. The number of anilines is 1. The monoisotopic (exact) mass is 546 g/mol. The molecule has 0 spiro atoms. The molecule has 0 atom stereocenters. The van der Waals surface area contributed by atoms with Gasteiger partial charge in [-0.2, -0.15) is 4.57 Å². The number of halogens is 1. The molecular formula is C25H27IN2O4. The third-order valence-electron chi connectivity index (χ3n) is 5.19. The van der Waals surface area contributed by atoms with Gasteiger partial charge in [-0.25, -0.2) is 0 Å². The van der Waals surface area contributed by atoms with Crippen molar-refractivity contribution in [2.45, 2.75) is 26.3 Å². The Balaban J connectivity index is 0.00000363. The van der Waals surface area contributed by atoms with E-state index in [4.69, 9.17) is 10.2 Å². The fraction of sp³-hybridized carbons (Fsp3) is 0.240. The number of rotatable bonds is 10. The number of pyridine rings is 1. The first-order valence-electron chi connectivity index (χ1n) is 10.4. The van der Waals surface area contributed by atoms with Gasteiger partial charge in [0.15, 0.2) is 0 Å². The van der Waals surface area contributed by atoms with Crippen LogP contribution in [-0.4, -0.2) is 35.2 Å². The second kappa shape index (κ2) is 12.2. The Morgan fingerprint density at radius 2 is 1.50 bits per heavy atom. The van der Waals surface area contributed by atoms with Crippen LogP contribution in [0.3, 0.4) is 0 Å². The lowest BCUT2D eigenvalue weighted by Gasteiger charge is -2.23. The molecule has 0 saturated carbocycles. The number of aryl methyl sites for hydroxylation is 1. The van der Waals surface area contributed by atoms with Crippen LogP contribution in [0.1, 0.15) is 31.0 Å². The van der Waals surface area contributed by atoms with Gasteiger partial charge in [-0.05, 0) is 42.8 Å². The summed E-state index contributed by atoms with van der Waals surface area (Å²) in [4.78, 5) is 23.7. The lowest BCUT2D eigenvalue weighted by Crippen LogP contribution is -3.00. The molecule has 2 aromatic carbocycles. The molecule has 0 radical (unpaired) electrons. The molecule has 1 aromatic heterocycles. The largest absolute Gasteiger partial charge is 1.00 e. The zero-order valence-electron chi connectivity index (χ0n) is 17.9. The Labute approximate surface area is 204 Å². The molecule has 168 valence electrons. The maximum absolute atomic E-state index is 10.9. The lowest BCUT2D eigenvalue weighted by atomic mass is 10.1. The molecule has 0 fully saturated rings. The number of nitrogens with zero attached hydrogens (tertiary/aromatic N) is 2. The number of para-hydroxylation sites is 1. The third kappa shape index (κ3) is 6.78. The van der Waals surface area contributed by atoms with Crippen molar-refractivity contribution < 1.29 is 48.3 Å². The summed E-state index contributed by atoms with van der Waals surface area (Å²) in [7, 11) is 0. The first-order valence-corrected chi connectivity index (χ1v) is 10.4. The Morgan fingerprint density at radius 1 is 0.875 bits per heavy atom. The van der Waals surface area contributed by atoms with E-state index in [-0.39, 0.29) is 49.9 Å². The van der Waals surface area contributed by atoms with Crippen molar-refractivity contribution in [3.05, 3.63) is 71.9 Å². The average molecular weight is 546 g/mol. The van der Waals surface area contributed by atoms with Crippen LogP contribution in [0.25, 0.3) is 23.1 Å². The smallest absolute Gasteiger partial charge is 0.305 e. The molecule has 0 amide bonds. The molecular weight excluding hydrogens is 519 g/mol. The van der Waals surface area contributed by atoms with Gasteiger partial charge in [0.1, 0.15) is 6.54 Å². The van der Waals surface area contributed by atoms with E-state index >= 15 is 0 Å². The topological polar surface area (TPSA) is 81.7 Å². The zero-order valence-corrected chi connectivity index (χ0v) is 20.1. The molecule has 0 aliphatic heterocycles. The minimum atomic E-state index is -0.903. The number of aromatic nitrogens is 1. The number of carboxylic acids is 2. The van der Waals surface area contributed by atoms with Crippen LogP contribution in [0, 0.1) is 0 Å². The van der Waals surface area contributed by atoms with E-state index in [0.29, 0.717) is 0 Å². The molecule has 32 heavy (non-hydrogen) atoms. The molecule has 0 bridgehead atoms. The van der Waals surface area contributed by atoms with Crippen molar-refractivity contribution in [1.29, 1.82) is 0 Å². The second-order valence-electron chi connectivity index (χ2n) is 7.26. The van der Waals surface area contributed by atoms with Crippen LogP contribution in [0.15, 0.2) is 60.7 Å². The van der Waals surface area contributed by atoms with Crippen LogP contribution in [0.5, 0.6) is 0 Å². The molecule has 7 heteroatoms. The minimum absolute atomic E-state index is 0. The summed E-state index contributed by atoms with van der Waals surface area (Å²) >= 11 is 0. The Hall–Kier alpha value is -2.94. The maximum atomic E-state index is 10.9. The summed E-state index contributed by atoms with van der Waals surface area (Å²) in [6.45, 7) is 3.53. The predicted molar refractivity (Wildman–Crippen MR) is 122 cm³/mol. The van der Waals surface area contributed by atoms with Crippen molar-refractivity contribution in [3.8, 4) is 0 Å². The van der Waals surface area contributed by atoms with Gasteiger partial charge >= 0.3 is 11.9 Å². The van der Waals surface area contributed by atoms with E-state index < -0.39 is 11.9 Å². The van der Waals surface area contributed by atoms with E-state index in [2.05, 4.69) is 41.8 Å². The van der Waals surface area contributed by atoms with Gasteiger partial charge in [0.2, 0.25) is 11.2 Å². The van der Waals surface area contributed by atoms with Gasteiger partial charge in [0.05, 0.1) is 12.8 Å². The van der Waals surface area contributed by atoms with Crippen LogP contribution in [-0.2, 0) is 16.1 Å². The fourth-order valence-corrected chi connectivity index (χ4v) is 3.59. The fourth-order valence-electron chi connectivity index (χ4n) is 3.59. The van der Waals surface area contributed by atoms with Gasteiger partial charge < -0.3 is 39.1 Å². The summed E-state index contributed by atoms with van der Waals surface area (Å²) in [5.74, 6) is -1.81. The molecule has 1 heterocycles. The highest BCUT2D eigenvalue weighted by Crippen LogP contribution is 2.18. The Bertz CT molecular complexity index is 1080. The van der Waals surface area contributed by atoms with E-state index in [1.165, 1.54) is 10.9 Å². The van der Waals surface area contributed by atoms with Crippen molar-refractivity contribution in [3.63, 3.8) is 0 Å². The number of carboxylic acid groups (broad SMARTS) is 2. The number of fused-ring (bicyclic) bond motifs is 1. The number of hydrogen-bond donors (Lipinski definition) is 2. The summed E-state index contributed by atoms with van der Waals surface area (Å²) in [5, 5.41) is 19.1. The van der Waals surface area contributed by atoms with Crippen LogP contribution in [0.2, 0.25) is 0 Å². The van der Waals surface area contributed by atoms with E-state index in [1.54, 1.807) is 4.90 Å². The van der Waals surface area contributed by atoms with E-state index in [9.17, 15) is 9.59 Å². The lowest BCUT2D eigenvalue weighted by molar-refractivity contribution is -0.669. The Kier molecular flexibility index (Phi) is 9.64. The van der Waals surface area contributed by atoms with Gasteiger partial charge in [-0.1, -0.05) is 24.3 Å². The highest BCUT2D eigenvalue weighted by atomic mass is 127. The normalized spacial score (nSPS) is 10.8. The molecule has 0 aliphatic rings. The SMILES string of the molecule is CC[n+]1c(/C=C/c2ccc(N(CCC(=O)O)CCC(=O)O)cc2)ccc2ccccc21.[I-]. The molecule has 0 unspecified atom stereocenters. The quantitative estimate of drug-likeness (QED) is 0.294. The van der Waals surface area contributed by atoms with Crippen molar-refractivity contribution in [2.75, 3.05) is 18.0 Å². The average Bonchev–Trinajstić information content (AvgIpc) is 2.77. The third-order valence-corrected chi connectivity index (χ3v) is 5.19. The number of carbonyl (C=O) groups is 2. The summed E-state index contributed by atoms with van der Waals surface area (Å²) < 4.78 is 2.26. The molecule has 3 rings (SSSR count). The molecule has 0 aliphatic carbocycles. The van der Waals surface area contributed by atoms with E-state index in [1.807, 2.05) is 42.5 Å². The van der Waals surface area contributed by atoms with Crippen molar-refractivity contribution >= 4 is 40.7 Å². The Morgan fingerprint density at radius 3 is 2.09 bits per heavy atom. The molecule has 6 nitrogen and oxygen atoms in total.